The zero-order chi connectivity index (χ0) is 21.1. The Hall–Kier alpha value is -2.46. The quantitative estimate of drug-likeness (QED) is 0.590. The molecule has 0 amide bonds. The number of hydrogen-bond acceptors (Lipinski definition) is 6. The van der Waals surface area contributed by atoms with Crippen LogP contribution < -0.4 is 5.32 Å². The second-order valence-electron chi connectivity index (χ2n) is 6.36. The van der Waals surface area contributed by atoms with Gasteiger partial charge in [0.05, 0.1) is 39.6 Å². The molecule has 1 aromatic heterocycles. The molecule has 1 aromatic carbocycles. The highest BCUT2D eigenvalue weighted by Gasteiger charge is 2.35. The Morgan fingerprint density at radius 3 is 2.66 bits per heavy atom. The van der Waals surface area contributed by atoms with Crippen molar-refractivity contribution in [2.24, 2.45) is 0 Å². The number of rotatable bonds is 6. The summed E-state index contributed by atoms with van der Waals surface area (Å²) in [5.41, 5.74) is 1.78. The van der Waals surface area contributed by atoms with Gasteiger partial charge in [-0.2, -0.15) is 5.26 Å². The molecule has 0 fully saturated rings. The van der Waals surface area contributed by atoms with E-state index in [-0.39, 0.29) is 22.3 Å². The Morgan fingerprint density at radius 2 is 2.07 bits per heavy atom. The number of halogens is 2. The highest BCUT2D eigenvalue weighted by atomic mass is 35.5. The third-order valence-electron chi connectivity index (χ3n) is 4.43. The fourth-order valence-electron chi connectivity index (χ4n) is 3.16. The first kappa shape index (κ1) is 21.3. The van der Waals surface area contributed by atoms with Crippen molar-refractivity contribution in [2.75, 3.05) is 5.75 Å². The van der Waals surface area contributed by atoms with Gasteiger partial charge in [-0.1, -0.05) is 35.0 Å². The molecule has 0 spiro atoms. The maximum absolute atomic E-state index is 12.6. The van der Waals surface area contributed by atoms with E-state index >= 15 is 0 Å². The number of ketones is 2. The minimum absolute atomic E-state index is 0.0580. The molecule has 148 valence electrons. The molecule has 0 bridgehead atoms. The van der Waals surface area contributed by atoms with Crippen LogP contribution in [0, 0.1) is 11.3 Å². The lowest BCUT2D eigenvalue weighted by Gasteiger charge is -2.27. The molecule has 29 heavy (non-hydrogen) atoms. The molecule has 5 nitrogen and oxygen atoms in total. The van der Waals surface area contributed by atoms with Crippen molar-refractivity contribution in [2.45, 2.75) is 19.8 Å². The van der Waals surface area contributed by atoms with Crippen LogP contribution in [0.15, 0.2) is 62.9 Å². The molecule has 1 aliphatic heterocycles. The van der Waals surface area contributed by atoms with Crippen molar-refractivity contribution in [3.8, 4) is 6.07 Å². The van der Waals surface area contributed by atoms with Crippen molar-refractivity contribution in [3.63, 3.8) is 0 Å². The van der Waals surface area contributed by atoms with E-state index in [9.17, 15) is 14.9 Å². The van der Waals surface area contributed by atoms with E-state index < -0.39 is 5.92 Å². The van der Waals surface area contributed by atoms with Gasteiger partial charge in [-0.3, -0.25) is 9.59 Å². The summed E-state index contributed by atoms with van der Waals surface area (Å²) in [6.45, 7) is 3.22. The second-order valence-corrected chi connectivity index (χ2v) is 8.19. The smallest absolute Gasteiger partial charge is 0.174 e. The first-order valence-electron chi connectivity index (χ1n) is 8.61. The summed E-state index contributed by atoms with van der Waals surface area (Å²) in [4.78, 5) is 24.9. The summed E-state index contributed by atoms with van der Waals surface area (Å²) in [6, 6.07) is 10.3. The van der Waals surface area contributed by atoms with Crippen molar-refractivity contribution in [1.29, 1.82) is 5.26 Å². The predicted octanol–water partition coefficient (Wildman–Crippen LogP) is 5.49. The van der Waals surface area contributed by atoms with E-state index in [1.165, 1.54) is 31.0 Å². The minimum atomic E-state index is -0.620. The number of allylic oxidation sites excluding steroid dienone is 3. The van der Waals surface area contributed by atoms with Gasteiger partial charge in [0.1, 0.15) is 5.76 Å². The zero-order valence-electron chi connectivity index (χ0n) is 15.6. The molecule has 1 atom stereocenters. The van der Waals surface area contributed by atoms with E-state index in [0.29, 0.717) is 38.2 Å². The lowest BCUT2D eigenvalue weighted by atomic mass is 9.84. The third-order valence-corrected chi connectivity index (χ3v) is 6.00. The predicted molar refractivity (Wildman–Crippen MR) is 114 cm³/mol. The highest BCUT2D eigenvalue weighted by Crippen LogP contribution is 2.41. The lowest BCUT2D eigenvalue weighted by molar-refractivity contribution is -0.113. The van der Waals surface area contributed by atoms with Gasteiger partial charge in [0.25, 0.3) is 0 Å². The summed E-state index contributed by atoms with van der Waals surface area (Å²) in [6.07, 6.45) is 1.50. The first-order chi connectivity index (χ1) is 13.8. The van der Waals surface area contributed by atoms with Crippen LogP contribution >= 0.6 is 35.0 Å². The maximum atomic E-state index is 12.6. The molecule has 0 saturated carbocycles. The molecule has 0 radical (unpaired) electrons. The standard InChI is InChI=1S/C21H16Cl2N2O3S/c1-11-19(12(2)26)20(18-4-3-7-28-18)15(9-24)21(25-11)29-10-17(27)14-6-5-13(22)8-16(14)23/h3-8,20,25H,10H2,1-2H3/t20-/m1/s1. The average Bonchev–Trinajstić information content (AvgIpc) is 3.19. The number of thioether (sulfide) groups is 1. The molecule has 0 aliphatic carbocycles. The van der Waals surface area contributed by atoms with Crippen molar-refractivity contribution in [1.82, 2.24) is 5.32 Å². The van der Waals surface area contributed by atoms with E-state index in [0.717, 1.165) is 0 Å². The van der Waals surface area contributed by atoms with Crippen LogP contribution in [0.3, 0.4) is 0 Å². The van der Waals surface area contributed by atoms with Gasteiger partial charge in [-0.15, -0.1) is 0 Å². The van der Waals surface area contributed by atoms with E-state index in [4.69, 9.17) is 27.6 Å². The van der Waals surface area contributed by atoms with E-state index in [1.54, 1.807) is 31.2 Å². The highest BCUT2D eigenvalue weighted by molar-refractivity contribution is 8.03. The van der Waals surface area contributed by atoms with Gasteiger partial charge in [0.15, 0.2) is 11.6 Å². The van der Waals surface area contributed by atoms with Gasteiger partial charge >= 0.3 is 0 Å². The van der Waals surface area contributed by atoms with Gasteiger partial charge in [-0.25, -0.2) is 0 Å². The normalized spacial score (nSPS) is 16.4. The molecule has 0 unspecified atom stereocenters. The van der Waals surface area contributed by atoms with Crippen LogP contribution in [0.4, 0.5) is 0 Å². The van der Waals surface area contributed by atoms with Crippen LogP contribution in [-0.4, -0.2) is 17.3 Å². The van der Waals surface area contributed by atoms with Crippen molar-refractivity contribution >= 4 is 46.5 Å². The van der Waals surface area contributed by atoms with Gasteiger partial charge < -0.3 is 9.73 Å². The van der Waals surface area contributed by atoms with Crippen LogP contribution in [0.1, 0.15) is 35.9 Å². The summed E-state index contributed by atoms with van der Waals surface area (Å²) in [5, 5.41) is 14.1. The van der Waals surface area contributed by atoms with Gasteiger partial charge in [-0.05, 0) is 44.2 Å². The summed E-state index contributed by atoms with van der Waals surface area (Å²) in [5.74, 6) is -0.417. The zero-order valence-corrected chi connectivity index (χ0v) is 17.9. The number of nitrogens with zero attached hydrogens (tertiary/aromatic N) is 1. The topological polar surface area (TPSA) is 83.1 Å². The number of hydrogen-bond donors (Lipinski definition) is 1. The average molecular weight is 447 g/mol. The Kier molecular flexibility index (Phi) is 6.53. The fourth-order valence-corrected chi connectivity index (χ4v) is 4.65. The van der Waals surface area contributed by atoms with Crippen LogP contribution in [0.2, 0.25) is 10.0 Å². The summed E-state index contributed by atoms with van der Waals surface area (Å²) in [7, 11) is 0. The number of Topliss-reactive ketones (excluding diaryl/α,β-unsaturated/α-hetero) is 2. The molecule has 8 heteroatoms. The molecule has 2 aromatic rings. The lowest BCUT2D eigenvalue weighted by Crippen LogP contribution is -2.27. The Bertz CT molecular complexity index is 1080. The largest absolute Gasteiger partial charge is 0.468 e. The number of nitrogens with one attached hydrogen (secondary N) is 1. The minimum Gasteiger partial charge on any atom is -0.468 e. The number of carbonyl (C=O) groups excluding carboxylic acids is 2. The Balaban J connectivity index is 1.91. The van der Waals surface area contributed by atoms with E-state index in [1.807, 2.05) is 0 Å². The molecule has 0 saturated heterocycles. The maximum Gasteiger partial charge on any atom is 0.174 e. The van der Waals surface area contributed by atoms with Crippen molar-refractivity contribution < 1.29 is 14.0 Å². The molecule has 3 rings (SSSR count). The number of dihydropyridines is 1. The fraction of sp³-hybridized carbons (Fsp3) is 0.190. The summed E-state index contributed by atoms with van der Waals surface area (Å²) >= 11 is 13.2. The molecule has 2 heterocycles. The van der Waals surface area contributed by atoms with Crippen LogP contribution in [0.25, 0.3) is 0 Å². The number of benzene rings is 1. The van der Waals surface area contributed by atoms with Gasteiger partial charge in [0, 0.05) is 21.9 Å². The first-order valence-corrected chi connectivity index (χ1v) is 10.3. The molecule has 1 N–H and O–H groups in total. The van der Waals surface area contributed by atoms with Gasteiger partial charge in [0.2, 0.25) is 0 Å². The molecule has 1 aliphatic rings. The second kappa shape index (κ2) is 8.91. The number of carbonyl (C=O) groups is 2. The monoisotopic (exact) mass is 446 g/mol. The van der Waals surface area contributed by atoms with E-state index in [2.05, 4.69) is 11.4 Å². The molecular formula is C21H16Cl2N2O3S. The van der Waals surface area contributed by atoms with Crippen LogP contribution in [-0.2, 0) is 4.79 Å². The third kappa shape index (κ3) is 4.43. The SMILES string of the molecule is CC(=O)C1=C(C)NC(SCC(=O)c2ccc(Cl)cc2Cl)=C(C#N)[C@@H]1c1ccco1. The Labute approximate surface area is 182 Å². The number of furan rings is 1. The summed E-state index contributed by atoms with van der Waals surface area (Å²) < 4.78 is 5.50. The van der Waals surface area contributed by atoms with Crippen molar-refractivity contribution in [3.05, 3.63) is 79.8 Å². The van der Waals surface area contributed by atoms with Crippen LogP contribution in [0.5, 0.6) is 0 Å². The number of nitriles is 1. The molecular weight excluding hydrogens is 431 g/mol. The Morgan fingerprint density at radius 1 is 1.31 bits per heavy atom.